The molecule has 0 fully saturated rings. The Hall–Kier alpha value is -0.540. The summed E-state index contributed by atoms with van der Waals surface area (Å²) in [5.41, 5.74) is 2.00. The maximum Gasteiger partial charge on any atom is 0.0860 e. The highest BCUT2D eigenvalue weighted by Gasteiger charge is 2.10. The van der Waals surface area contributed by atoms with Gasteiger partial charge in [0.15, 0.2) is 0 Å². The molecule has 0 amide bonds. The van der Waals surface area contributed by atoms with Gasteiger partial charge in [0, 0.05) is 13.1 Å². The summed E-state index contributed by atoms with van der Waals surface area (Å²) in [6.45, 7) is 8.69. The minimum Gasteiger partial charge on any atom is -0.311 e. The van der Waals surface area contributed by atoms with Gasteiger partial charge in [-0.15, -0.1) is 0 Å². The van der Waals surface area contributed by atoms with Gasteiger partial charge in [0.25, 0.3) is 0 Å². The third kappa shape index (κ3) is 2.23. The molecule has 0 unspecified atom stereocenters. The first-order valence-electron chi connectivity index (χ1n) is 4.63. The zero-order valence-corrected chi connectivity index (χ0v) is 9.15. The molecule has 1 aromatic rings. The smallest absolute Gasteiger partial charge is 0.0860 e. The molecule has 0 aromatic carbocycles. The van der Waals surface area contributed by atoms with Crippen LogP contribution in [0.3, 0.4) is 0 Å². The van der Waals surface area contributed by atoms with E-state index in [0.717, 1.165) is 36.0 Å². The number of nitrogens with one attached hydrogen (secondary N) is 1. The molecular weight excluding hydrogens is 186 g/mol. The Kier molecular flexibility index (Phi) is 3.75. The van der Waals surface area contributed by atoms with Crippen molar-refractivity contribution in [2.75, 3.05) is 6.54 Å². The number of rotatable bonds is 4. The van der Waals surface area contributed by atoms with E-state index in [0.29, 0.717) is 0 Å². The minimum atomic E-state index is 0.794. The molecule has 0 saturated heterocycles. The second-order valence-corrected chi connectivity index (χ2v) is 3.32. The lowest BCUT2D eigenvalue weighted by Crippen LogP contribution is -2.15. The van der Waals surface area contributed by atoms with Crippen LogP contribution in [0, 0.1) is 6.92 Å². The summed E-state index contributed by atoms with van der Waals surface area (Å²) in [5, 5.41) is 8.37. The molecule has 0 aliphatic heterocycles. The van der Waals surface area contributed by atoms with E-state index in [1.54, 1.807) is 0 Å². The van der Waals surface area contributed by atoms with Crippen molar-refractivity contribution in [1.82, 2.24) is 15.1 Å². The highest BCUT2D eigenvalue weighted by molar-refractivity contribution is 6.31. The highest BCUT2D eigenvalue weighted by atomic mass is 35.5. The molecule has 0 aliphatic carbocycles. The van der Waals surface area contributed by atoms with Gasteiger partial charge in [-0.1, -0.05) is 18.5 Å². The molecule has 0 aliphatic rings. The first kappa shape index (κ1) is 10.5. The van der Waals surface area contributed by atoms with Crippen LogP contribution in [0.4, 0.5) is 0 Å². The molecule has 0 radical (unpaired) electrons. The molecule has 1 rings (SSSR count). The van der Waals surface area contributed by atoms with Crippen molar-refractivity contribution in [3.63, 3.8) is 0 Å². The Labute approximate surface area is 84.1 Å². The third-order valence-corrected chi connectivity index (χ3v) is 2.49. The van der Waals surface area contributed by atoms with Gasteiger partial charge in [-0.3, -0.25) is 4.68 Å². The van der Waals surface area contributed by atoms with E-state index in [-0.39, 0.29) is 0 Å². The number of hydrogen-bond acceptors (Lipinski definition) is 2. The quantitative estimate of drug-likeness (QED) is 0.808. The van der Waals surface area contributed by atoms with Crippen molar-refractivity contribution >= 4 is 11.6 Å². The fourth-order valence-corrected chi connectivity index (χ4v) is 1.48. The van der Waals surface area contributed by atoms with Gasteiger partial charge in [0.1, 0.15) is 0 Å². The second-order valence-electron chi connectivity index (χ2n) is 2.94. The maximum atomic E-state index is 6.11. The Balaban J connectivity index is 2.88. The summed E-state index contributed by atoms with van der Waals surface area (Å²) in [6, 6.07) is 0. The Bertz CT molecular complexity index is 281. The molecule has 1 N–H and O–H groups in total. The Morgan fingerprint density at radius 2 is 2.15 bits per heavy atom. The van der Waals surface area contributed by atoms with E-state index in [1.807, 2.05) is 11.6 Å². The molecule has 1 aromatic heterocycles. The standard InChI is InChI=1S/C9H16ClN3/c1-4-11-6-8-9(10)7(3)12-13(8)5-2/h11H,4-6H2,1-3H3. The van der Waals surface area contributed by atoms with Crippen LogP contribution in [0.25, 0.3) is 0 Å². The third-order valence-electron chi connectivity index (χ3n) is 2.00. The van der Waals surface area contributed by atoms with Crippen LogP contribution in [0.2, 0.25) is 5.02 Å². The number of halogens is 1. The Morgan fingerprint density at radius 1 is 1.46 bits per heavy atom. The first-order chi connectivity index (χ1) is 6.20. The summed E-state index contributed by atoms with van der Waals surface area (Å²) in [6.07, 6.45) is 0. The van der Waals surface area contributed by atoms with Crippen LogP contribution in [-0.2, 0) is 13.1 Å². The van der Waals surface area contributed by atoms with Crippen LogP contribution in [-0.4, -0.2) is 16.3 Å². The maximum absolute atomic E-state index is 6.11. The normalized spacial score (nSPS) is 10.8. The van der Waals surface area contributed by atoms with Gasteiger partial charge in [0.05, 0.1) is 16.4 Å². The van der Waals surface area contributed by atoms with Crippen molar-refractivity contribution in [2.45, 2.75) is 33.9 Å². The summed E-state index contributed by atoms with van der Waals surface area (Å²) < 4.78 is 1.94. The molecular formula is C9H16ClN3. The van der Waals surface area contributed by atoms with E-state index in [1.165, 1.54) is 0 Å². The van der Waals surface area contributed by atoms with Crippen LogP contribution in [0.15, 0.2) is 0 Å². The van der Waals surface area contributed by atoms with Crippen molar-refractivity contribution in [2.24, 2.45) is 0 Å². The molecule has 74 valence electrons. The van der Waals surface area contributed by atoms with Crippen LogP contribution >= 0.6 is 11.6 Å². The fraction of sp³-hybridized carbons (Fsp3) is 0.667. The van der Waals surface area contributed by atoms with Crippen molar-refractivity contribution < 1.29 is 0 Å². The number of nitrogens with zero attached hydrogens (tertiary/aromatic N) is 2. The summed E-state index contributed by atoms with van der Waals surface area (Å²) in [7, 11) is 0. The van der Waals surface area contributed by atoms with E-state index < -0.39 is 0 Å². The van der Waals surface area contributed by atoms with Crippen LogP contribution in [0.1, 0.15) is 25.2 Å². The molecule has 0 atom stereocenters. The van der Waals surface area contributed by atoms with E-state index >= 15 is 0 Å². The molecule has 13 heavy (non-hydrogen) atoms. The SMILES string of the molecule is CCNCc1c(Cl)c(C)nn1CC. The topological polar surface area (TPSA) is 29.9 Å². The molecule has 4 heteroatoms. The van der Waals surface area contributed by atoms with Crippen molar-refractivity contribution in [1.29, 1.82) is 0 Å². The summed E-state index contributed by atoms with van der Waals surface area (Å²) in [5.74, 6) is 0. The molecule has 0 bridgehead atoms. The first-order valence-corrected chi connectivity index (χ1v) is 5.01. The van der Waals surface area contributed by atoms with Crippen molar-refractivity contribution in [3.05, 3.63) is 16.4 Å². The van der Waals surface area contributed by atoms with E-state index in [4.69, 9.17) is 11.6 Å². The lowest BCUT2D eigenvalue weighted by atomic mass is 10.3. The van der Waals surface area contributed by atoms with Crippen LogP contribution in [0.5, 0.6) is 0 Å². The number of hydrogen-bond donors (Lipinski definition) is 1. The average Bonchev–Trinajstić information content (AvgIpc) is 2.40. The predicted molar refractivity (Wildman–Crippen MR) is 55.0 cm³/mol. The fourth-order valence-electron chi connectivity index (χ4n) is 1.28. The largest absolute Gasteiger partial charge is 0.311 e. The summed E-state index contributed by atoms with van der Waals surface area (Å²) in [4.78, 5) is 0. The average molecular weight is 202 g/mol. The number of aromatic nitrogens is 2. The zero-order valence-electron chi connectivity index (χ0n) is 8.39. The van der Waals surface area contributed by atoms with Gasteiger partial charge in [0.2, 0.25) is 0 Å². The molecule has 0 spiro atoms. The summed E-state index contributed by atoms with van der Waals surface area (Å²) >= 11 is 6.11. The molecule has 0 saturated carbocycles. The van der Waals surface area contributed by atoms with Gasteiger partial charge in [-0.05, 0) is 20.4 Å². The minimum absolute atomic E-state index is 0.794. The van der Waals surface area contributed by atoms with Gasteiger partial charge < -0.3 is 5.32 Å². The van der Waals surface area contributed by atoms with Gasteiger partial charge in [-0.2, -0.15) is 5.10 Å². The van der Waals surface area contributed by atoms with Gasteiger partial charge in [-0.25, -0.2) is 0 Å². The van der Waals surface area contributed by atoms with E-state index in [9.17, 15) is 0 Å². The monoisotopic (exact) mass is 201 g/mol. The molecule has 3 nitrogen and oxygen atoms in total. The predicted octanol–water partition coefficient (Wildman–Crippen LogP) is 1.97. The Morgan fingerprint density at radius 3 is 2.69 bits per heavy atom. The zero-order chi connectivity index (χ0) is 9.84. The number of aryl methyl sites for hydroxylation is 2. The molecule has 1 heterocycles. The lowest BCUT2D eigenvalue weighted by molar-refractivity contribution is 0.587. The lowest BCUT2D eigenvalue weighted by Gasteiger charge is -2.04. The van der Waals surface area contributed by atoms with Crippen molar-refractivity contribution in [3.8, 4) is 0 Å². The van der Waals surface area contributed by atoms with E-state index in [2.05, 4.69) is 24.3 Å². The second kappa shape index (κ2) is 4.63. The highest BCUT2D eigenvalue weighted by Crippen LogP contribution is 2.19. The van der Waals surface area contributed by atoms with Gasteiger partial charge >= 0.3 is 0 Å². The van der Waals surface area contributed by atoms with Crippen LogP contribution < -0.4 is 5.32 Å².